The van der Waals surface area contributed by atoms with Crippen molar-refractivity contribution in [2.75, 3.05) is 20.2 Å². The van der Waals surface area contributed by atoms with Crippen molar-refractivity contribution in [2.24, 2.45) is 0 Å². The molecule has 20 heavy (non-hydrogen) atoms. The Labute approximate surface area is 122 Å². The molecule has 1 aliphatic rings. The van der Waals surface area contributed by atoms with Crippen molar-refractivity contribution in [3.63, 3.8) is 0 Å². The molecule has 0 N–H and O–H groups in total. The van der Waals surface area contributed by atoms with E-state index in [1.165, 1.54) is 31.2 Å². The highest BCUT2D eigenvalue weighted by Crippen LogP contribution is 2.17. The summed E-state index contributed by atoms with van der Waals surface area (Å²) >= 11 is 0. The van der Waals surface area contributed by atoms with Crippen molar-refractivity contribution in [3.05, 3.63) is 30.1 Å². The molecule has 4 nitrogen and oxygen atoms in total. The molecule has 0 amide bonds. The van der Waals surface area contributed by atoms with Gasteiger partial charge in [0.25, 0.3) is 0 Å². The zero-order chi connectivity index (χ0) is 14.4. The van der Waals surface area contributed by atoms with Crippen LogP contribution in [0.25, 0.3) is 0 Å². The van der Waals surface area contributed by atoms with Gasteiger partial charge >= 0.3 is 0 Å². The minimum Gasteiger partial charge on any atom is -0.378 e. The van der Waals surface area contributed by atoms with Gasteiger partial charge in [0.05, 0.1) is 18.3 Å². The fraction of sp³-hybridized carbons (Fsp3) is 0.688. The van der Waals surface area contributed by atoms with E-state index in [2.05, 4.69) is 36.7 Å². The van der Waals surface area contributed by atoms with Crippen LogP contribution < -0.4 is 0 Å². The molecule has 1 fully saturated rings. The molecule has 0 bridgehead atoms. The summed E-state index contributed by atoms with van der Waals surface area (Å²) in [7, 11) is 2.18. The normalized spacial score (nSPS) is 18.9. The van der Waals surface area contributed by atoms with Crippen molar-refractivity contribution < 1.29 is 4.74 Å². The lowest BCUT2D eigenvalue weighted by Gasteiger charge is -2.17. The summed E-state index contributed by atoms with van der Waals surface area (Å²) in [4.78, 5) is 2.37. The Balaban J connectivity index is 1.72. The van der Waals surface area contributed by atoms with Gasteiger partial charge in [-0.25, -0.2) is 0 Å². The first kappa shape index (κ1) is 15.3. The van der Waals surface area contributed by atoms with E-state index in [-0.39, 0.29) is 0 Å². The molecule has 0 aliphatic carbocycles. The predicted molar refractivity (Wildman–Crippen MR) is 81.7 cm³/mol. The number of nitrogens with zero attached hydrogens (tertiary/aromatic N) is 3. The van der Waals surface area contributed by atoms with E-state index in [0.29, 0.717) is 6.10 Å². The Kier molecular flexibility index (Phi) is 5.80. The molecule has 112 valence electrons. The lowest BCUT2D eigenvalue weighted by atomic mass is 10.1. The summed E-state index contributed by atoms with van der Waals surface area (Å²) in [5.74, 6) is 0. The first-order valence-corrected chi connectivity index (χ1v) is 7.63. The van der Waals surface area contributed by atoms with E-state index < -0.39 is 0 Å². The molecule has 4 heteroatoms. The van der Waals surface area contributed by atoms with Crippen LogP contribution in [0.5, 0.6) is 0 Å². The molecule has 2 heterocycles. The van der Waals surface area contributed by atoms with Gasteiger partial charge in [-0.15, -0.1) is 6.58 Å². The lowest BCUT2D eigenvalue weighted by Crippen LogP contribution is -2.20. The Hall–Kier alpha value is -1.13. The van der Waals surface area contributed by atoms with Gasteiger partial charge in [0, 0.05) is 24.9 Å². The zero-order valence-electron chi connectivity index (χ0n) is 12.8. The minimum atomic E-state index is 0.514. The fourth-order valence-corrected chi connectivity index (χ4v) is 2.77. The van der Waals surface area contributed by atoms with Gasteiger partial charge in [-0.2, -0.15) is 5.10 Å². The third-order valence-corrected chi connectivity index (χ3v) is 3.89. The van der Waals surface area contributed by atoms with Crippen LogP contribution >= 0.6 is 0 Å². The van der Waals surface area contributed by atoms with Crippen molar-refractivity contribution >= 4 is 0 Å². The van der Waals surface area contributed by atoms with E-state index in [1.807, 2.05) is 10.8 Å². The molecule has 2 rings (SSSR count). The van der Waals surface area contributed by atoms with Gasteiger partial charge in [0.1, 0.15) is 0 Å². The average Bonchev–Trinajstić information content (AvgIpc) is 3.01. The molecule has 0 radical (unpaired) electrons. The monoisotopic (exact) mass is 277 g/mol. The van der Waals surface area contributed by atoms with Crippen LogP contribution in [0.2, 0.25) is 0 Å². The topological polar surface area (TPSA) is 30.3 Å². The quantitative estimate of drug-likeness (QED) is 0.685. The largest absolute Gasteiger partial charge is 0.378 e. The molecular weight excluding hydrogens is 250 g/mol. The number of aromatic nitrogens is 2. The van der Waals surface area contributed by atoms with Crippen LogP contribution in [0, 0.1) is 6.92 Å². The van der Waals surface area contributed by atoms with Crippen LogP contribution in [-0.4, -0.2) is 41.0 Å². The van der Waals surface area contributed by atoms with Crippen LogP contribution in [0.15, 0.2) is 18.9 Å². The number of ether oxygens (including phenoxy) is 1. The minimum absolute atomic E-state index is 0.514. The number of aryl methyl sites for hydroxylation is 1. The molecule has 0 aromatic carbocycles. The summed E-state index contributed by atoms with van der Waals surface area (Å²) in [6.07, 6.45) is 9.41. The Morgan fingerprint density at radius 1 is 1.60 bits per heavy atom. The molecule has 1 aromatic rings. The van der Waals surface area contributed by atoms with Gasteiger partial charge < -0.3 is 9.64 Å². The number of rotatable bonds is 8. The zero-order valence-corrected chi connectivity index (χ0v) is 12.8. The van der Waals surface area contributed by atoms with E-state index >= 15 is 0 Å². The number of allylic oxidation sites excluding steroid dienone is 1. The second-order valence-corrected chi connectivity index (χ2v) is 5.77. The average molecular weight is 277 g/mol. The van der Waals surface area contributed by atoms with E-state index in [1.54, 1.807) is 0 Å². The molecule has 0 unspecified atom stereocenters. The number of hydrogen-bond donors (Lipinski definition) is 0. The van der Waals surface area contributed by atoms with Gasteiger partial charge in [0.15, 0.2) is 0 Å². The summed E-state index contributed by atoms with van der Waals surface area (Å²) in [5, 5.41) is 4.50. The van der Waals surface area contributed by atoms with Crippen molar-refractivity contribution in [1.82, 2.24) is 14.7 Å². The smallest absolute Gasteiger partial charge is 0.0638 e. The summed E-state index contributed by atoms with van der Waals surface area (Å²) in [6.45, 7) is 9.66. The molecule has 0 saturated carbocycles. The lowest BCUT2D eigenvalue weighted by molar-refractivity contribution is 0.0995. The number of hydrogen-bond acceptors (Lipinski definition) is 3. The van der Waals surface area contributed by atoms with Crippen molar-refractivity contribution in [2.45, 2.75) is 51.8 Å². The third kappa shape index (κ3) is 4.46. The first-order chi connectivity index (χ1) is 9.69. The highest BCUT2D eigenvalue weighted by Gasteiger charge is 2.15. The van der Waals surface area contributed by atoms with Crippen molar-refractivity contribution in [1.29, 1.82) is 0 Å². The van der Waals surface area contributed by atoms with E-state index in [0.717, 1.165) is 31.9 Å². The summed E-state index contributed by atoms with van der Waals surface area (Å²) in [6, 6.07) is 0. The highest BCUT2D eigenvalue weighted by molar-refractivity contribution is 5.15. The van der Waals surface area contributed by atoms with Crippen LogP contribution in [0.4, 0.5) is 0 Å². The maximum Gasteiger partial charge on any atom is 0.0638 e. The maximum atomic E-state index is 5.66. The molecule has 0 spiro atoms. The molecular formula is C16H27N3O. The Morgan fingerprint density at radius 3 is 3.15 bits per heavy atom. The maximum absolute atomic E-state index is 5.66. The summed E-state index contributed by atoms with van der Waals surface area (Å²) in [5.41, 5.74) is 2.43. The predicted octanol–water partition coefficient (Wildman–Crippen LogP) is 2.77. The summed E-state index contributed by atoms with van der Waals surface area (Å²) < 4.78 is 7.62. The molecule has 1 saturated heterocycles. The van der Waals surface area contributed by atoms with Crippen LogP contribution in [0.3, 0.4) is 0 Å². The second kappa shape index (κ2) is 7.60. The van der Waals surface area contributed by atoms with Crippen LogP contribution in [-0.2, 0) is 17.8 Å². The Morgan fingerprint density at radius 2 is 2.45 bits per heavy atom. The van der Waals surface area contributed by atoms with Gasteiger partial charge in [-0.1, -0.05) is 6.08 Å². The standard InChI is InChI=1S/C16H27N3O/c1-4-9-19-13-15(14(2)17-19)12-18(3)10-5-7-16-8-6-11-20-16/h4,13,16H,1,5-12H2,2-3H3/t16-/m0/s1. The fourth-order valence-electron chi connectivity index (χ4n) is 2.77. The van der Waals surface area contributed by atoms with Crippen molar-refractivity contribution in [3.8, 4) is 0 Å². The third-order valence-electron chi connectivity index (χ3n) is 3.89. The van der Waals surface area contributed by atoms with Gasteiger partial charge in [0.2, 0.25) is 0 Å². The molecule has 1 atom stereocenters. The van der Waals surface area contributed by atoms with Gasteiger partial charge in [-0.3, -0.25) is 4.68 Å². The first-order valence-electron chi connectivity index (χ1n) is 7.63. The highest BCUT2D eigenvalue weighted by atomic mass is 16.5. The molecule has 1 aromatic heterocycles. The van der Waals surface area contributed by atoms with Gasteiger partial charge in [-0.05, 0) is 46.2 Å². The Bertz CT molecular complexity index is 421. The second-order valence-electron chi connectivity index (χ2n) is 5.77. The van der Waals surface area contributed by atoms with Crippen LogP contribution in [0.1, 0.15) is 36.9 Å². The SMILES string of the molecule is C=CCn1cc(CN(C)CCC[C@H]2CCCO2)c(C)n1. The van der Waals surface area contributed by atoms with E-state index in [9.17, 15) is 0 Å². The van der Waals surface area contributed by atoms with E-state index in [4.69, 9.17) is 4.74 Å². The molecule has 1 aliphatic heterocycles.